The van der Waals surface area contributed by atoms with Crippen LogP contribution >= 0.6 is 11.8 Å². The number of methoxy groups -OCH3 is 1. The number of halogens is 1. The Morgan fingerprint density at radius 2 is 1.64 bits per heavy atom. The Morgan fingerprint density at radius 3 is 2.36 bits per heavy atom. The molecule has 0 spiro atoms. The first-order valence-electron chi connectivity index (χ1n) is 20.3. The van der Waals surface area contributed by atoms with Crippen molar-refractivity contribution in [3.05, 3.63) is 124 Å². The molecule has 324 valence electrons. The lowest BCUT2D eigenvalue weighted by Crippen LogP contribution is -2.34. The van der Waals surface area contributed by atoms with Crippen LogP contribution in [-0.4, -0.2) is 83.6 Å². The summed E-state index contributed by atoms with van der Waals surface area (Å²) in [5.41, 5.74) is 5.41. The predicted molar refractivity (Wildman–Crippen MR) is 237 cm³/mol. The Bertz CT molecular complexity index is 2100. The Kier molecular flexibility index (Phi) is 18.8. The first-order chi connectivity index (χ1) is 29.6. The van der Waals surface area contributed by atoms with E-state index >= 15 is 4.39 Å². The summed E-state index contributed by atoms with van der Waals surface area (Å²) in [6.45, 7) is 10.4. The van der Waals surface area contributed by atoms with Gasteiger partial charge in [-0.05, 0) is 102 Å². The highest BCUT2D eigenvalue weighted by molar-refractivity contribution is 8.02. The molecule has 0 aliphatic carbocycles. The molecular formula is C47H55FN4O8S. The number of ether oxygens (including phenoxy) is 5. The second kappa shape index (κ2) is 24.7. The van der Waals surface area contributed by atoms with Gasteiger partial charge in [-0.3, -0.25) is 14.6 Å². The molecular weight excluding hydrogens is 800 g/mol. The van der Waals surface area contributed by atoms with Crippen LogP contribution in [0.5, 0.6) is 17.2 Å². The minimum atomic E-state index is -0.516. The predicted octanol–water partition coefficient (Wildman–Crippen LogP) is 7.60. The van der Waals surface area contributed by atoms with Crippen LogP contribution in [0.25, 0.3) is 11.1 Å². The van der Waals surface area contributed by atoms with E-state index in [1.165, 1.54) is 30.5 Å². The highest BCUT2D eigenvalue weighted by atomic mass is 32.2. The molecule has 0 fully saturated rings. The van der Waals surface area contributed by atoms with E-state index in [2.05, 4.69) is 53.6 Å². The molecule has 1 heterocycles. The van der Waals surface area contributed by atoms with Gasteiger partial charge in [-0.25, -0.2) is 9.18 Å². The topological polar surface area (TPSA) is 146 Å². The van der Waals surface area contributed by atoms with Crippen LogP contribution in [0.2, 0.25) is 0 Å². The number of carbonyl (C=O) groups is 3. The van der Waals surface area contributed by atoms with E-state index < -0.39 is 11.8 Å². The fourth-order valence-electron chi connectivity index (χ4n) is 6.67. The number of nitrogens with zero attached hydrogens (tertiary/aromatic N) is 1. The third kappa shape index (κ3) is 15.2. The van der Waals surface area contributed by atoms with Gasteiger partial charge in [0.2, 0.25) is 11.8 Å². The van der Waals surface area contributed by atoms with Crippen molar-refractivity contribution in [2.45, 2.75) is 45.6 Å². The monoisotopic (exact) mass is 854 g/mol. The van der Waals surface area contributed by atoms with Crippen LogP contribution in [0, 0.1) is 11.7 Å². The summed E-state index contributed by atoms with van der Waals surface area (Å²) < 4.78 is 44.2. The molecule has 1 aliphatic rings. The van der Waals surface area contributed by atoms with Crippen molar-refractivity contribution in [3.63, 3.8) is 0 Å². The number of hydrogen-bond acceptors (Lipinski definition) is 11. The summed E-state index contributed by atoms with van der Waals surface area (Å²) in [5.74, 6) is 0.860. The lowest BCUT2D eigenvalue weighted by Gasteiger charge is -2.28. The van der Waals surface area contributed by atoms with E-state index in [1.807, 2.05) is 24.3 Å². The van der Waals surface area contributed by atoms with Gasteiger partial charge in [-0.15, -0.1) is 11.8 Å². The van der Waals surface area contributed by atoms with Crippen LogP contribution < -0.4 is 25.4 Å². The molecule has 5 rings (SSSR count). The first kappa shape index (κ1) is 46.5. The van der Waals surface area contributed by atoms with Gasteiger partial charge >= 0.3 is 5.97 Å². The Hall–Kier alpha value is -5.54. The average Bonchev–Trinajstić information content (AvgIpc) is 3.25. The standard InChI is InChI=1S/C47H55FN4O8S/c1-32(2)25-33-5-7-34(8-6-33)26-45(53)51-17-19-57-20-21-58-22-23-59-43-27-37-15-16-50-42(30-46(54)52-31-61-24-18-49-3)40(37)29-44(43)60-38-13-14-39(41(48)28-38)35-9-11-36(12-10-35)47(55)56-4/h5-14,18,24,27-29,32,42,50H,3,15-17,19-23,25-26,30-31H2,1-2,4H3,(H,51,53)(H,52,54)/b24-18-. The van der Waals surface area contributed by atoms with Crippen LogP contribution in [-0.2, 0) is 43.1 Å². The smallest absolute Gasteiger partial charge is 0.337 e. The Balaban J connectivity index is 1.15. The summed E-state index contributed by atoms with van der Waals surface area (Å²) in [4.78, 5) is 40.8. The normalized spacial score (nSPS) is 13.4. The number of fused-ring (bicyclic) bond motifs is 1. The van der Waals surface area contributed by atoms with E-state index in [4.69, 9.17) is 23.7 Å². The van der Waals surface area contributed by atoms with Gasteiger partial charge < -0.3 is 39.6 Å². The maximum atomic E-state index is 15.6. The molecule has 12 nitrogen and oxygen atoms in total. The first-order valence-corrected chi connectivity index (χ1v) is 21.4. The summed E-state index contributed by atoms with van der Waals surface area (Å²) in [6, 6.07) is 22.7. The number of thioether (sulfide) groups is 1. The van der Waals surface area contributed by atoms with E-state index in [0.717, 1.165) is 23.1 Å². The van der Waals surface area contributed by atoms with Crippen molar-refractivity contribution >= 4 is 36.3 Å². The number of amides is 2. The maximum absolute atomic E-state index is 15.6. The Morgan fingerprint density at radius 1 is 0.902 bits per heavy atom. The van der Waals surface area contributed by atoms with E-state index in [9.17, 15) is 14.4 Å². The number of nitrogens with one attached hydrogen (secondary N) is 3. The number of esters is 1. The summed E-state index contributed by atoms with van der Waals surface area (Å²) in [5, 5.41) is 11.0. The quantitative estimate of drug-likeness (QED) is 0.0279. The molecule has 1 unspecified atom stereocenters. The van der Waals surface area contributed by atoms with Gasteiger partial charge in [-0.1, -0.05) is 50.2 Å². The average molecular weight is 855 g/mol. The SMILES string of the molecule is C=N/C=C\SCNC(=O)CC1NCCc2cc(OCCOCCOCCNC(=O)Cc3ccc(CC(C)C)cc3)c(Oc3ccc(-c4ccc(C(=O)OC)cc4)c(F)c3)cc21. The molecule has 4 aromatic carbocycles. The fraction of sp³-hybridized carbons (Fsp3) is 0.362. The van der Waals surface area contributed by atoms with Crippen LogP contribution in [0.4, 0.5) is 4.39 Å². The van der Waals surface area contributed by atoms with E-state index in [0.29, 0.717) is 85.7 Å². The summed E-state index contributed by atoms with van der Waals surface area (Å²) >= 11 is 1.40. The van der Waals surface area contributed by atoms with Gasteiger partial charge in [0.25, 0.3) is 0 Å². The molecule has 1 atom stereocenters. The van der Waals surface area contributed by atoms with Crippen molar-refractivity contribution in [3.8, 4) is 28.4 Å². The molecule has 3 N–H and O–H groups in total. The molecule has 0 aromatic heterocycles. The molecule has 0 saturated carbocycles. The number of aliphatic imine (C=N–C) groups is 1. The maximum Gasteiger partial charge on any atom is 0.337 e. The van der Waals surface area contributed by atoms with Crippen LogP contribution in [0.1, 0.15) is 58.9 Å². The third-order valence-electron chi connectivity index (χ3n) is 9.61. The second-order valence-electron chi connectivity index (χ2n) is 14.7. The van der Waals surface area contributed by atoms with Gasteiger partial charge in [0.05, 0.1) is 51.4 Å². The van der Waals surface area contributed by atoms with Crippen LogP contribution in [0.3, 0.4) is 0 Å². The zero-order valence-corrected chi connectivity index (χ0v) is 35.8. The van der Waals surface area contributed by atoms with E-state index in [1.54, 1.807) is 48.0 Å². The molecule has 0 radical (unpaired) electrons. The van der Waals surface area contributed by atoms with E-state index in [-0.39, 0.29) is 43.2 Å². The number of carbonyl (C=O) groups excluding carboxylic acids is 3. The van der Waals surface area contributed by atoms with Crippen molar-refractivity contribution in [1.82, 2.24) is 16.0 Å². The van der Waals surface area contributed by atoms with Gasteiger partial charge in [0.1, 0.15) is 18.2 Å². The van der Waals surface area contributed by atoms with Gasteiger partial charge in [0.15, 0.2) is 11.5 Å². The zero-order chi connectivity index (χ0) is 43.4. The van der Waals surface area contributed by atoms with Gasteiger partial charge in [0, 0.05) is 36.8 Å². The number of rotatable bonds is 24. The Labute approximate surface area is 361 Å². The summed E-state index contributed by atoms with van der Waals surface area (Å²) in [7, 11) is 1.30. The highest BCUT2D eigenvalue weighted by Gasteiger charge is 2.25. The number of hydrogen-bond donors (Lipinski definition) is 3. The molecule has 14 heteroatoms. The fourth-order valence-corrected chi connectivity index (χ4v) is 7.18. The molecule has 61 heavy (non-hydrogen) atoms. The van der Waals surface area contributed by atoms with Crippen molar-refractivity contribution in [2.24, 2.45) is 10.9 Å². The van der Waals surface area contributed by atoms with Crippen molar-refractivity contribution < 1.29 is 42.5 Å². The summed E-state index contributed by atoms with van der Waals surface area (Å²) in [6.07, 6.45) is 3.80. The van der Waals surface area contributed by atoms with Gasteiger partial charge in [-0.2, -0.15) is 0 Å². The molecule has 1 aliphatic heterocycles. The molecule has 4 aromatic rings. The third-order valence-corrected chi connectivity index (χ3v) is 10.2. The lowest BCUT2D eigenvalue weighted by molar-refractivity contribution is -0.121. The minimum absolute atomic E-state index is 0.0526. The lowest BCUT2D eigenvalue weighted by atomic mass is 9.91. The number of benzene rings is 4. The minimum Gasteiger partial charge on any atom is -0.487 e. The van der Waals surface area contributed by atoms with Crippen molar-refractivity contribution in [2.75, 3.05) is 59.1 Å². The molecule has 2 amide bonds. The highest BCUT2D eigenvalue weighted by Crippen LogP contribution is 2.39. The molecule has 0 bridgehead atoms. The molecule has 0 saturated heterocycles. The van der Waals surface area contributed by atoms with Crippen LogP contribution in [0.15, 0.2) is 95.5 Å². The zero-order valence-electron chi connectivity index (χ0n) is 35.0. The second-order valence-corrected chi connectivity index (χ2v) is 15.6. The largest absolute Gasteiger partial charge is 0.487 e. The van der Waals surface area contributed by atoms with Crippen molar-refractivity contribution in [1.29, 1.82) is 0 Å².